The van der Waals surface area contributed by atoms with Gasteiger partial charge in [0.25, 0.3) is 0 Å². The summed E-state index contributed by atoms with van der Waals surface area (Å²) in [4.78, 5) is 4.37. The molecule has 3 atom stereocenters. The van der Waals surface area contributed by atoms with E-state index in [2.05, 4.69) is 16.4 Å². The van der Waals surface area contributed by atoms with Crippen LogP contribution in [0.2, 0.25) is 5.02 Å². The van der Waals surface area contributed by atoms with Crippen LogP contribution in [0.1, 0.15) is 42.7 Å². The van der Waals surface area contributed by atoms with Gasteiger partial charge in [0, 0.05) is 37.1 Å². The van der Waals surface area contributed by atoms with Gasteiger partial charge in [0.15, 0.2) is 0 Å². The Labute approximate surface area is 184 Å². The van der Waals surface area contributed by atoms with E-state index in [1.165, 1.54) is 18.4 Å². The van der Waals surface area contributed by atoms with Crippen molar-refractivity contribution < 1.29 is 14.2 Å². The minimum Gasteiger partial charge on any atom is -0.490 e. The predicted molar refractivity (Wildman–Crippen MR) is 118 cm³/mol. The van der Waals surface area contributed by atoms with E-state index in [0.717, 1.165) is 55.5 Å². The Hall–Kier alpha value is -1.66. The van der Waals surface area contributed by atoms with Crippen LogP contribution in [0.15, 0.2) is 42.7 Å². The molecule has 1 N–H and O–H groups in total. The number of nitrogens with zero attached hydrogens (tertiary/aromatic N) is 1. The fourth-order valence-corrected chi connectivity index (χ4v) is 3.88. The summed E-state index contributed by atoms with van der Waals surface area (Å²) in [7, 11) is 0. The Bertz CT molecular complexity index is 782. The van der Waals surface area contributed by atoms with Crippen molar-refractivity contribution >= 4 is 11.6 Å². The van der Waals surface area contributed by atoms with E-state index in [1.54, 1.807) is 0 Å². The minimum absolute atomic E-state index is 0.502. The predicted octanol–water partition coefficient (Wildman–Crippen LogP) is 4.59. The Morgan fingerprint density at radius 3 is 2.70 bits per heavy atom. The zero-order chi connectivity index (χ0) is 20.6. The maximum Gasteiger partial charge on any atom is 0.137 e. The molecule has 4 rings (SSSR count). The lowest BCUT2D eigenvalue weighted by atomic mass is 10.1. The summed E-state index contributed by atoms with van der Waals surface area (Å²) in [5.74, 6) is 2.20. The van der Waals surface area contributed by atoms with Gasteiger partial charge in [0.1, 0.15) is 12.4 Å². The van der Waals surface area contributed by atoms with Gasteiger partial charge in [-0.15, -0.1) is 0 Å². The third-order valence-corrected chi connectivity index (χ3v) is 6.11. The highest BCUT2D eigenvalue weighted by molar-refractivity contribution is 6.30. The molecule has 0 bridgehead atoms. The standard InChI is InChI=1S/C24H31ClN2O3/c25-21-4-2-18(3-5-21)16-29-10-1-9-28-11-7-19-13-24(19)20-12-23(15-26-14-20)30-17-22-6-8-27-22/h2-5,12,14-15,19,22,24,27H,1,6-11,13,16-17H2. The van der Waals surface area contributed by atoms with Crippen molar-refractivity contribution in [2.75, 3.05) is 33.0 Å². The number of pyridine rings is 1. The van der Waals surface area contributed by atoms with Gasteiger partial charge in [-0.05, 0) is 73.4 Å². The molecular weight excluding hydrogens is 400 g/mol. The highest BCUT2D eigenvalue weighted by Gasteiger charge is 2.38. The first-order chi connectivity index (χ1) is 14.8. The van der Waals surface area contributed by atoms with Crippen molar-refractivity contribution in [1.82, 2.24) is 10.3 Å². The van der Waals surface area contributed by atoms with Gasteiger partial charge < -0.3 is 19.5 Å². The van der Waals surface area contributed by atoms with Gasteiger partial charge in [-0.1, -0.05) is 23.7 Å². The highest BCUT2D eigenvalue weighted by atomic mass is 35.5. The summed E-state index contributed by atoms with van der Waals surface area (Å²) in [6.45, 7) is 4.73. The molecule has 1 aliphatic carbocycles. The lowest BCUT2D eigenvalue weighted by Gasteiger charge is -2.27. The molecular formula is C24H31ClN2O3. The minimum atomic E-state index is 0.502. The number of rotatable bonds is 13. The van der Waals surface area contributed by atoms with Crippen LogP contribution in [0.25, 0.3) is 0 Å². The lowest BCUT2D eigenvalue weighted by molar-refractivity contribution is 0.0735. The molecule has 0 radical (unpaired) electrons. The van der Waals surface area contributed by atoms with Crippen molar-refractivity contribution in [2.45, 2.75) is 44.2 Å². The van der Waals surface area contributed by atoms with E-state index in [9.17, 15) is 0 Å². The van der Waals surface area contributed by atoms with Crippen molar-refractivity contribution in [1.29, 1.82) is 0 Å². The third-order valence-electron chi connectivity index (χ3n) is 5.85. The number of halogens is 1. The molecule has 2 fully saturated rings. The molecule has 30 heavy (non-hydrogen) atoms. The molecule has 0 spiro atoms. The second kappa shape index (κ2) is 11.1. The molecule has 1 saturated carbocycles. The smallest absolute Gasteiger partial charge is 0.137 e. The van der Waals surface area contributed by atoms with Crippen LogP contribution in [-0.2, 0) is 16.1 Å². The number of aromatic nitrogens is 1. The topological polar surface area (TPSA) is 52.6 Å². The number of ether oxygens (including phenoxy) is 3. The summed E-state index contributed by atoms with van der Waals surface area (Å²) in [6, 6.07) is 10.4. The zero-order valence-corrected chi connectivity index (χ0v) is 18.2. The van der Waals surface area contributed by atoms with E-state index in [-0.39, 0.29) is 0 Å². The van der Waals surface area contributed by atoms with E-state index in [1.807, 2.05) is 36.7 Å². The Kier molecular flexibility index (Phi) is 7.98. The zero-order valence-electron chi connectivity index (χ0n) is 17.4. The first-order valence-corrected chi connectivity index (χ1v) is 11.4. The quantitative estimate of drug-likeness (QED) is 0.471. The first-order valence-electron chi connectivity index (χ1n) is 11.0. The molecule has 1 aromatic carbocycles. The SMILES string of the molecule is Clc1ccc(COCCCOCCC2CC2c2cncc(OCC3CCN3)c2)cc1. The van der Waals surface area contributed by atoms with E-state index in [0.29, 0.717) is 31.1 Å². The van der Waals surface area contributed by atoms with Crippen LogP contribution >= 0.6 is 11.6 Å². The monoisotopic (exact) mass is 430 g/mol. The summed E-state index contributed by atoms with van der Waals surface area (Å²) >= 11 is 5.88. The second-order valence-corrected chi connectivity index (χ2v) is 8.68. The molecule has 1 saturated heterocycles. The summed E-state index contributed by atoms with van der Waals surface area (Å²) in [5, 5.41) is 4.11. The summed E-state index contributed by atoms with van der Waals surface area (Å²) < 4.78 is 17.4. The average molecular weight is 431 g/mol. The number of hydrogen-bond acceptors (Lipinski definition) is 5. The average Bonchev–Trinajstić information content (AvgIpc) is 3.50. The van der Waals surface area contributed by atoms with Gasteiger partial charge >= 0.3 is 0 Å². The van der Waals surface area contributed by atoms with Crippen molar-refractivity contribution in [3.63, 3.8) is 0 Å². The lowest BCUT2D eigenvalue weighted by Crippen LogP contribution is -2.46. The Morgan fingerprint density at radius 1 is 1.07 bits per heavy atom. The second-order valence-electron chi connectivity index (χ2n) is 8.24. The molecule has 2 aliphatic rings. The van der Waals surface area contributed by atoms with Crippen LogP contribution in [0, 0.1) is 5.92 Å². The van der Waals surface area contributed by atoms with Gasteiger partial charge in [-0.25, -0.2) is 0 Å². The normalized spacial score (nSPS) is 22.5. The molecule has 162 valence electrons. The van der Waals surface area contributed by atoms with Crippen LogP contribution in [0.4, 0.5) is 0 Å². The van der Waals surface area contributed by atoms with Crippen LogP contribution in [-0.4, -0.2) is 44.0 Å². The third kappa shape index (κ3) is 6.67. The largest absolute Gasteiger partial charge is 0.490 e. The van der Waals surface area contributed by atoms with Crippen molar-refractivity contribution in [2.24, 2.45) is 5.92 Å². The number of nitrogens with one attached hydrogen (secondary N) is 1. The van der Waals surface area contributed by atoms with Crippen LogP contribution in [0.3, 0.4) is 0 Å². The van der Waals surface area contributed by atoms with E-state index in [4.69, 9.17) is 25.8 Å². The van der Waals surface area contributed by atoms with Crippen molar-refractivity contribution in [3.05, 3.63) is 58.9 Å². The fraction of sp³-hybridized carbons (Fsp3) is 0.542. The number of hydrogen-bond donors (Lipinski definition) is 1. The fourth-order valence-electron chi connectivity index (χ4n) is 3.75. The number of benzene rings is 1. The summed E-state index contributed by atoms with van der Waals surface area (Å²) in [6.07, 6.45) is 8.25. The molecule has 3 unspecified atom stereocenters. The Morgan fingerprint density at radius 2 is 1.90 bits per heavy atom. The first kappa shape index (κ1) is 21.6. The molecule has 2 aromatic rings. The summed E-state index contributed by atoms with van der Waals surface area (Å²) in [5.41, 5.74) is 2.44. The molecule has 1 aliphatic heterocycles. The molecule has 0 amide bonds. The van der Waals surface area contributed by atoms with Crippen molar-refractivity contribution in [3.8, 4) is 5.75 Å². The van der Waals surface area contributed by atoms with Gasteiger partial charge in [0.05, 0.1) is 12.8 Å². The highest BCUT2D eigenvalue weighted by Crippen LogP contribution is 2.49. The van der Waals surface area contributed by atoms with Crippen LogP contribution < -0.4 is 10.1 Å². The van der Waals surface area contributed by atoms with Crippen LogP contribution in [0.5, 0.6) is 5.75 Å². The Balaban J connectivity index is 1.04. The molecule has 1 aromatic heterocycles. The van der Waals surface area contributed by atoms with Gasteiger partial charge in [-0.2, -0.15) is 0 Å². The maximum absolute atomic E-state index is 5.88. The molecule has 2 heterocycles. The maximum atomic E-state index is 5.88. The van der Waals surface area contributed by atoms with Gasteiger partial charge in [-0.3, -0.25) is 4.98 Å². The molecule has 5 nitrogen and oxygen atoms in total. The van der Waals surface area contributed by atoms with Gasteiger partial charge in [0.2, 0.25) is 0 Å². The van der Waals surface area contributed by atoms with E-state index < -0.39 is 0 Å². The van der Waals surface area contributed by atoms with E-state index >= 15 is 0 Å². The molecule has 6 heteroatoms.